The van der Waals surface area contributed by atoms with Crippen molar-refractivity contribution in [2.24, 2.45) is 0 Å². The number of hydrogen-bond acceptors (Lipinski definition) is 4. The highest BCUT2D eigenvalue weighted by molar-refractivity contribution is 7.15. The fourth-order valence-electron chi connectivity index (χ4n) is 1.63. The second-order valence-corrected chi connectivity index (χ2v) is 4.34. The van der Waals surface area contributed by atoms with E-state index in [1.165, 1.54) is 10.6 Å². The van der Waals surface area contributed by atoms with Crippen molar-refractivity contribution in [2.45, 2.75) is 19.9 Å². The van der Waals surface area contributed by atoms with Gasteiger partial charge in [-0.25, -0.2) is 4.98 Å². The zero-order chi connectivity index (χ0) is 9.26. The molecule has 1 aliphatic rings. The minimum Gasteiger partial charge on any atom is -0.365 e. The number of hydrogen-bond donors (Lipinski definition) is 1. The van der Waals surface area contributed by atoms with Gasteiger partial charge in [-0.3, -0.25) is 4.90 Å². The van der Waals surface area contributed by atoms with Crippen LogP contribution in [0.15, 0.2) is 0 Å². The summed E-state index contributed by atoms with van der Waals surface area (Å²) < 4.78 is 0. The average molecular weight is 197 g/mol. The van der Waals surface area contributed by atoms with Crippen molar-refractivity contribution >= 4 is 16.5 Å². The standard InChI is InChI=1S/C9H15N3S/c1-3-12-5-4-7-8(6-12)13-9(10-2)11-7/h3-6H2,1-2H3,(H,10,11). The summed E-state index contributed by atoms with van der Waals surface area (Å²) in [7, 11) is 1.93. The summed E-state index contributed by atoms with van der Waals surface area (Å²) in [4.78, 5) is 8.42. The van der Waals surface area contributed by atoms with Gasteiger partial charge in [0.2, 0.25) is 0 Å². The van der Waals surface area contributed by atoms with Crippen molar-refractivity contribution < 1.29 is 0 Å². The third-order valence-electron chi connectivity index (χ3n) is 2.47. The van der Waals surface area contributed by atoms with Crippen LogP contribution in [-0.4, -0.2) is 30.0 Å². The van der Waals surface area contributed by atoms with E-state index in [4.69, 9.17) is 0 Å². The van der Waals surface area contributed by atoms with Gasteiger partial charge < -0.3 is 5.32 Å². The third-order valence-corrected chi connectivity index (χ3v) is 3.57. The van der Waals surface area contributed by atoms with Gasteiger partial charge in [-0.1, -0.05) is 6.92 Å². The van der Waals surface area contributed by atoms with Gasteiger partial charge in [0.15, 0.2) is 5.13 Å². The Bertz CT molecular complexity index is 295. The molecule has 2 rings (SSSR count). The van der Waals surface area contributed by atoms with Crippen LogP contribution in [0.1, 0.15) is 17.5 Å². The van der Waals surface area contributed by atoms with Gasteiger partial charge in [0, 0.05) is 31.4 Å². The summed E-state index contributed by atoms with van der Waals surface area (Å²) >= 11 is 1.79. The molecule has 1 aromatic heterocycles. The van der Waals surface area contributed by atoms with E-state index in [0.29, 0.717) is 0 Å². The zero-order valence-corrected chi connectivity index (χ0v) is 8.95. The highest BCUT2D eigenvalue weighted by Gasteiger charge is 2.18. The lowest BCUT2D eigenvalue weighted by atomic mass is 10.2. The monoisotopic (exact) mass is 197 g/mol. The Hall–Kier alpha value is -0.610. The molecule has 0 spiro atoms. The van der Waals surface area contributed by atoms with Crippen LogP contribution in [-0.2, 0) is 13.0 Å². The number of likely N-dealkylation sites (N-methyl/N-ethyl adjacent to an activating group) is 1. The topological polar surface area (TPSA) is 28.2 Å². The molecule has 0 bridgehead atoms. The van der Waals surface area contributed by atoms with Gasteiger partial charge in [0.05, 0.1) is 5.69 Å². The molecule has 72 valence electrons. The van der Waals surface area contributed by atoms with E-state index in [9.17, 15) is 0 Å². The van der Waals surface area contributed by atoms with Crippen molar-refractivity contribution in [2.75, 3.05) is 25.5 Å². The van der Waals surface area contributed by atoms with Gasteiger partial charge in [-0.05, 0) is 6.54 Å². The largest absolute Gasteiger partial charge is 0.365 e. The number of fused-ring (bicyclic) bond motifs is 1. The van der Waals surface area contributed by atoms with E-state index < -0.39 is 0 Å². The van der Waals surface area contributed by atoms with E-state index in [1.54, 1.807) is 11.3 Å². The van der Waals surface area contributed by atoms with Gasteiger partial charge in [-0.2, -0.15) is 0 Å². The quantitative estimate of drug-likeness (QED) is 0.780. The second-order valence-electron chi connectivity index (χ2n) is 3.26. The van der Waals surface area contributed by atoms with Crippen LogP contribution in [0.4, 0.5) is 5.13 Å². The molecule has 1 aromatic rings. The maximum Gasteiger partial charge on any atom is 0.182 e. The first-order valence-corrected chi connectivity index (χ1v) is 5.53. The molecule has 4 heteroatoms. The van der Waals surface area contributed by atoms with Crippen LogP contribution >= 0.6 is 11.3 Å². The van der Waals surface area contributed by atoms with Crippen LogP contribution in [0, 0.1) is 0 Å². The SMILES string of the molecule is CCN1CCc2nc(NC)sc2C1. The molecular weight excluding hydrogens is 182 g/mol. The maximum absolute atomic E-state index is 4.52. The Morgan fingerprint density at radius 1 is 1.62 bits per heavy atom. The molecule has 0 saturated heterocycles. The van der Waals surface area contributed by atoms with Crippen molar-refractivity contribution in [1.29, 1.82) is 0 Å². The lowest BCUT2D eigenvalue weighted by Gasteiger charge is -2.23. The molecule has 1 aliphatic heterocycles. The Morgan fingerprint density at radius 2 is 2.46 bits per heavy atom. The Morgan fingerprint density at radius 3 is 3.15 bits per heavy atom. The fourth-order valence-corrected chi connectivity index (χ4v) is 2.63. The summed E-state index contributed by atoms with van der Waals surface area (Å²) in [5.41, 5.74) is 1.30. The first-order valence-electron chi connectivity index (χ1n) is 4.72. The van der Waals surface area contributed by atoms with Crippen LogP contribution in [0.2, 0.25) is 0 Å². The molecular formula is C9H15N3S. The van der Waals surface area contributed by atoms with Gasteiger partial charge in [0.25, 0.3) is 0 Å². The van der Waals surface area contributed by atoms with Crippen LogP contribution in [0.25, 0.3) is 0 Å². The molecule has 3 nitrogen and oxygen atoms in total. The minimum absolute atomic E-state index is 1.06. The highest BCUT2D eigenvalue weighted by Crippen LogP contribution is 2.27. The Labute approximate surface area is 82.8 Å². The number of rotatable bonds is 2. The summed E-state index contributed by atoms with van der Waals surface area (Å²) in [6.45, 7) is 5.61. The number of anilines is 1. The lowest BCUT2D eigenvalue weighted by Crippen LogP contribution is -2.29. The third kappa shape index (κ3) is 1.69. The van der Waals surface area contributed by atoms with Crippen LogP contribution < -0.4 is 5.32 Å². The molecule has 0 aromatic carbocycles. The minimum atomic E-state index is 1.06. The van der Waals surface area contributed by atoms with E-state index in [0.717, 1.165) is 31.2 Å². The molecule has 0 amide bonds. The van der Waals surface area contributed by atoms with E-state index in [2.05, 4.69) is 22.1 Å². The Balaban J connectivity index is 2.19. The Kier molecular flexibility index (Phi) is 2.51. The van der Waals surface area contributed by atoms with E-state index in [1.807, 2.05) is 7.05 Å². The summed E-state index contributed by atoms with van der Waals surface area (Å²) in [6, 6.07) is 0. The molecule has 2 heterocycles. The van der Waals surface area contributed by atoms with Crippen molar-refractivity contribution in [3.05, 3.63) is 10.6 Å². The van der Waals surface area contributed by atoms with Gasteiger partial charge >= 0.3 is 0 Å². The summed E-state index contributed by atoms with van der Waals surface area (Å²) in [5, 5.41) is 4.16. The van der Waals surface area contributed by atoms with Gasteiger partial charge in [0.1, 0.15) is 0 Å². The molecule has 1 N–H and O–H groups in total. The predicted molar refractivity (Wildman–Crippen MR) is 56.3 cm³/mol. The maximum atomic E-state index is 4.52. The molecule has 0 saturated carbocycles. The molecule has 0 aliphatic carbocycles. The average Bonchev–Trinajstić information content (AvgIpc) is 2.58. The van der Waals surface area contributed by atoms with Crippen molar-refractivity contribution in [1.82, 2.24) is 9.88 Å². The summed E-state index contributed by atoms with van der Waals surface area (Å²) in [5.74, 6) is 0. The number of thiazole rings is 1. The fraction of sp³-hybridized carbons (Fsp3) is 0.667. The van der Waals surface area contributed by atoms with E-state index >= 15 is 0 Å². The normalized spacial score (nSPS) is 17.1. The first-order chi connectivity index (χ1) is 6.33. The van der Waals surface area contributed by atoms with Crippen molar-refractivity contribution in [3.63, 3.8) is 0 Å². The van der Waals surface area contributed by atoms with E-state index in [-0.39, 0.29) is 0 Å². The summed E-state index contributed by atoms with van der Waals surface area (Å²) in [6.07, 6.45) is 1.11. The molecule has 0 radical (unpaired) electrons. The molecule has 0 unspecified atom stereocenters. The van der Waals surface area contributed by atoms with Gasteiger partial charge in [-0.15, -0.1) is 11.3 Å². The highest BCUT2D eigenvalue weighted by atomic mass is 32.1. The van der Waals surface area contributed by atoms with Crippen LogP contribution in [0.5, 0.6) is 0 Å². The number of nitrogens with zero attached hydrogens (tertiary/aromatic N) is 2. The smallest absolute Gasteiger partial charge is 0.182 e. The molecule has 13 heavy (non-hydrogen) atoms. The molecule has 0 fully saturated rings. The first kappa shape index (κ1) is 8.97. The lowest BCUT2D eigenvalue weighted by molar-refractivity contribution is 0.270. The predicted octanol–water partition coefficient (Wildman–Crippen LogP) is 1.56. The number of nitrogens with one attached hydrogen (secondary N) is 1. The zero-order valence-electron chi connectivity index (χ0n) is 8.13. The van der Waals surface area contributed by atoms with Crippen molar-refractivity contribution in [3.8, 4) is 0 Å². The second kappa shape index (κ2) is 3.64. The molecule has 0 atom stereocenters. The van der Waals surface area contributed by atoms with Crippen LogP contribution in [0.3, 0.4) is 0 Å². The number of aromatic nitrogens is 1.